The zero-order chi connectivity index (χ0) is 24.5. The second-order valence-electron chi connectivity index (χ2n) is 10.4. The molecule has 0 radical (unpaired) electrons. The molecule has 10 heteroatoms. The summed E-state index contributed by atoms with van der Waals surface area (Å²) in [5, 5.41) is -0.324. The fraction of sp³-hybridized carbons (Fsp3) is 0.652. The number of hydrogen-bond donors (Lipinski definition) is 0. The predicted octanol–water partition coefficient (Wildman–Crippen LogP) is 4.50. The minimum Gasteiger partial charge on any atom is -0.444 e. The molecule has 1 aromatic rings. The van der Waals surface area contributed by atoms with E-state index in [2.05, 4.69) is 0 Å². The van der Waals surface area contributed by atoms with E-state index in [-0.39, 0.29) is 23.2 Å². The van der Waals surface area contributed by atoms with Crippen molar-refractivity contribution < 1.29 is 32.6 Å². The molecule has 2 saturated heterocycles. The molecule has 1 saturated carbocycles. The Morgan fingerprint density at radius 1 is 1.21 bits per heavy atom. The number of carbonyl (C=O) groups is 2. The van der Waals surface area contributed by atoms with Gasteiger partial charge in [-0.2, -0.15) is 0 Å². The number of fused-ring (bicyclic) bond motifs is 1. The van der Waals surface area contributed by atoms with E-state index < -0.39 is 52.8 Å². The number of amides is 2. The smallest absolute Gasteiger partial charge is 0.411 e. The second-order valence-corrected chi connectivity index (χ2v) is 10.8. The van der Waals surface area contributed by atoms with Crippen molar-refractivity contribution in [1.29, 1.82) is 0 Å². The maximum Gasteiger partial charge on any atom is 0.411 e. The minimum absolute atomic E-state index is 0.109. The standard InChI is InChI=1S/C23H29ClF2N2O5/c1-21(2,3)32-20(30)28-11-23(12-7-8-12)18(31-22(4,5)33-23)17(28)19(29)27(6)16-9-13(24)14(25)10-15(16)26/h9-10,12,17-18H,7-8,11H2,1-6H3/t17-,18-,23-/m0/s1. The van der Waals surface area contributed by atoms with Crippen LogP contribution in [0.15, 0.2) is 12.1 Å². The van der Waals surface area contributed by atoms with E-state index in [9.17, 15) is 18.4 Å². The van der Waals surface area contributed by atoms with Crippen molar-refractivity contribution in [3.05, 3.63) is 28.8 Å². The molecule has 0 unspecified atom stereocenters. The Hall–Kier alpha value is -1.97. The summed E-state index contributed by atoms with van der Waals surface area (Å²) >= 11 is 5.84. The summed E-state index contributed by atoms with van der Waals surface area (Å²) in [6, 6.07) is 0.533. The van der Waals surface area contributed by atoms with Crippen LogP contribution in [-0.4, -0.2) is 59.6 Å². The van der Waals surface area contributed by atoms with Gasteiger partial charge in [0, 0.05) is 13.1 Å². The molecule has 4 rings (SSSR count). The molecule has 2 amide bonds. The first kappa shape index (κ1) is 24.2. The molecular formula is C23H29ClF2N2O5. The summed E-state index contributed by atoms with van der Waals surface area (Å²) in [5.41, 5.74) is -1.88. The molecular weight excluding hydrogens is 458 g/mol. The summed E-state index contributed by atoms with van der Waals surface area (Å²) in [5.74, 6) is -3.34. The molecule has 2 heterocycles. The molecule has 7 nitrogen and oxygen atoms in total. The van der Waals surface area contributed by atoms with E-state index in [0.717, 1.165) is 23.8 Å². The lowest BCUT2D eigenvalue weighted by molar-refractivity contribution is -0.179. The number of ether oxygens (including phenoxy) is 3. The molecule has 1 aromatic carbocycles. The van der Waals surface area contributed by atoms with Gasteiger partial charge in [-0.05, 0) is 59.4 Å². The summed E-state index contributed by atoms with van der Waals surface area (Å²) in [4.78, 5) is 29.2. The molecule has 33 heavy (non-hydrogen) atoms. The molecule has 3 aliphatic rings. The number of likely N-dealkylation sites (N-methyl/N-ethyl adjacent to an activating group) is 1. The molecule has 0 bridgehead atoms. The van der Waals surface area contributed by atoms with Gasteiger partial charge < -0.3 is 19.1 Å². The summed E-state index contributed by atoms with van der Waals surface area (Å²) in [6.07, 6.45) is 0.307. The van der Waals surface area contributed by atoms with Gasteiger partial charge in [0.25, 0.3) is 5.91 Å². The maximum atomic E-state index is 14.6. The lowest BCUT2D eigenvalue weighted by atomic mass is 9.91. The Labute approximate surface area is 196 Å². The summed E-state index contributed by atoms with van der Waals surface area (Å²) in [6.45, 7) is 8.82. The largest absolute Gasteiger partial charge is 0.444 e. The Bertz CT molecular complexity index is 994. The molecule has 3 atom stereocenters. The van der Waals surface area contributed by atoms with Crippen molar-refractivity contribution in [2.24, 2.45) is 5.92 Å². The van der Waals surface area contributed by atoms with E-state index in [0.29, 0.717) is 6.07 Å². The van der Waals surface area contributed by atoms with Crippen LogP contribution in [0.5, 0.6) is 0 Å². The highest BCUT2D eigenvalue weighted by atomic mass is 35.5. The van der Waals surface area contributed by atoms with Crippen LogP contribution < -0.4 is 4.90 Å². The summed E-state index contributed by atoms with van der Waals surface area (Å²) in [7, 11) is 1.35. The average molecular weight is 487 g/mol. The summed E-state index contributed by atoms with van der Waals surface area (Å²) < 4.78 is 46.3. The number of anilines is 1. The van der Waals surface area contributed by atoms with E-state index in [1.807, 2.05) is 0 Å². The van der Waals surface area contributed by atoms with E-state index in [1.54, 1.807) is 34.6 Å². The zero-order valence-electron chi connectivity index (χ0n) is 19.6. The first-order valence-electron chi connectivity index (χ1n) is 10.9. The Morgan fingerprint density at radius 2 is 1.85 bits per heavy atom. The number of likely N-dealkylation sites (tertiary alicyclic amines) is 1. The first-order chi connectivity index (χ1) is 15.2. The molecule has 1 aliphatic carbocycles. The van der Waals surface area contributed by atoms with Crippen molar-refractivity contribution in [1.82, 2.24) is 4.90 Å². The zero-order valence-corrected chi connectivity index (χ0v) is 20.3. The number of rotatable bonds is 3. The normalized spacial score (nSPS) is 28.6. The second kappa shape index (κ2) is 7.78. The van der Waals surface area contributed by atoms with Crippen LogP contribution in [0.4, 0.5) is 19.3 Å². The first-order valence-corrected chi connectivity index (χ1v) is 11.3. The SMILES string of the molecule is CN(C(=O)[C@@H]1[C@@H]2OC(C)(C)O[C@]2(C2CC2)CN1C(=O)OC(C)(C)C)c1cc(Cl)c(F)cc1F. The van der Waals surface area contributed by atoms with E-state index in [1.165, 1.54) is 11.9 Å². The van der Waals surface area contributed by atoms with Gasteiger partial charge in [0.15, 0.2) is 5.79 Å². The fourth-order valence-corrected chi connectivity index (χ4v) is 4.95. The van der Waals surface area contributed by atoms with Gasteiger partial charge in [-0.1, -0.05) is 11.6 Å². The van der Waals surface area contributed by atoms with Crippen LogP contribution >= 0.6 is 11.6 Å². The topological polar surface area (TPSA) is 68.3 Å². The molecule has 3 fully saturated rings. The average Bonchev–Trinajstić information content (AvgIpc) is 3.42. The fourth-order valence-electron chi connectivity index (χ4n) is 4.79. The third-order valence-electron chi connectivity index (χ3n) is 6.20. The molecule has 182 valence electrons. The van der Waals surface area contributed by atoms with Crippen molar-refractivity contribution in [2.45, 2.75) is 76.6 Å². The molecule has 0 spiro atoms. The molecule has 0 N–H and O–H groups in total. The predicted molar refractivity (Wildman–Crippen MR) is 117 cm³/mol. The van der Waals surface area contributed by atoms with Crippen molar-refractivity contribution in [2.75, 3.05) is 18.5 Å². The van der Waals surface area contributed by atoms with Crippen LogP contribution in [0.2, 0.25) is 5.02 Å². The quantitative estimate of drug-likeness (QED) is 0.588. The number of nitrogens with zero attached hydrogens (tertiary/aromatic N) is 2. The molecule has 2 aliphatic heterocycles. The van der Waals surface area contributed by atoms with Crippen LogP contribution in [-0.2, 0) is 19.0 Å². The van der Waals surface area contributed by atoms with Gasteiger partial charge in [-0.25, -0.2) is 13.6 Å². The van der Waals surface area contributed by atoms with Crippen LogP contribution in [0.3, 0.4) is 0 Å². The van der Waals surface area contributed by atoms with E-state index in [4.69, 9.17) is 25.8 Å². The Morgan fingerprint density at radius 3 is 2.42 bits per heavy atom. The number of carbonyl (C=O) groups excluding carboxylic acids is 2. The van der Waals surface area contributed by atoms with Gasteiger partial charge in [-0.3, -0.25) is 9.69 Å². The van der Waals surface area contributed by atoms with Gasteiger partial charge in [0.05, 0.1) is 17.3 Å². The Balaban J connectivity index is 1.74. The highest BCUT2D eigenvalue weighted by molar-refractivity contribution is 6.31. The monoisotopic (exact) mass is 486 g/mol. The van der Waals surface area contributed by atoms with Crippen LogP contribution in [0, 0.1) is 17.6 Å². The lowest BCUT2D eigenvalue weighted by Crippen LogP contribution is -2.53. The van der Waals surface area contributed by atoms with Gasteiger partial charge >= 0.3 is 6.09 Å². The van der Waals surface area contributed by atoms with Gasteiger partial charge in [0.2, 0.25) is 0 Å². The van der Waals surface area contributed by atoms with Crippen LogP contribution in [0.25, 0.3) is 0 Å². The minimum atomic E-state index is -1.13. The third kappa shape index (κ3) is 4.31. The lowest BCUT2D eigenvalue weighted by Gasteiger charge is -2.33. The Kier molecular flexibility index (Phi) is 5.70. The maximum absolute atomic E-state index is 14.6. The van der Waals surface area contributed by atoms with Crippen molar-refractivity contribution in [3.63, 3.8) is 0 Å². The van der Waals surface area contributed by atoms with Crippen LogP contribution in [0.1, 0.15) is 47.5 Å². The van der Waals surface area contributed by atoms with Crippen molar-refractivity contribution >= 4 is 29.3 Å². The molecule has 0 aromatic heterocycles. The van der Waals surface area contributed by atoms with Gasteiger partial charge in [-0.15, -0.1) is 0 Å². The third-order valence-corrected chi connectivity index (χ3v) is 6.49. The van der Waals surface area contributed by atoms with Gasteiger partial charge in [0.1, 0.15) is 35.0 Å². The number of benzene rings is 1. The number of hydrogen-bond acceptors (Lipinski definition) is 5. The number of halogens is 3. The highest BCUT2D eigenvalue weighted by Gasteiger charge is 2.70. The highest BCUT2D eigenvalue weighted by Crippen LogP contribution is 2.56. The van der Waals surface area contributed by atoms with Crippen molar-refractivity contribution in [3.8, 4) is 0 Å². The van der Waals surface area contributed by atoms with E-state index >= 15 is 0 Å².